The molecule has 0 radical (unpaired) electrons. The molecule has 15 heteroatoms. The minimum Gasteiger partial charge on any atom is -0.480 e. The first kappa shape index (κ1) is 32.2. The summed E-state index contributed by atoms with van der Waals surface area (Å²) in [5, 5.41) is 21.0. The van der Waals surface area contributed by atoms with Crippen molar-refractivity contribution in [2.75, 3.05) is 17.0 Å². The summed E-state index contributed by atoms with van der Waals surface area (Å²) in [5.74, 6) is 1.10. The van der Waals surface area contributed by atoms with E-state index in [1.54, 1.807) is 36.4 Å². The minimum absolute atomic E-state index is 0.0296. The van der Waals surface area contributed by atoms with Gasteiger partial charge in [-0.1, -0.05) is 31.7 Å². The summed E-state index contributed by atoms with van der Waals surface area (Å²) in [6, 6.07) is 14.0. The topological polar surface area (TPSA) is 196 Å². The molecule has 1 fully saturated rings. The number of aryl methyl sites for hydroxylation is 2. The van der Waals surface area contributed by atoms with E-state index in [4.69, 9.17) is 10.5 Å². The van der Waals surface area contributed by atoms with Crippen LogP contribution >= 0.6 is 0 Å². The number of tetrazole rings is 1. The number of nitrogen functional groups attached to an aromatic ring is 1. The highest BCUT2D eigenvalue weighted by Crippen LogP contribution is 2.31. The molecule has 2 atom stereocenters. The number of sulfonamides is 1. The number of carbonyl (C=O) groups is 1. The molecular formula is C32H38N8O6S. The Kier molecular flexibility index (Phi) is 9.54. The molecule has 14 nitrogen and oxygen atoms in total. The number of nitrogens with two attached hydrogens (primary N) is 1. The van der Waals surface area contributed by atoms with Crippen LogP contribution in [-0.2, 0) is 27.8 Å². The molecule has 2 aliphatic rings. The standard InChI is InChI=1S/C32H38N8O6S/c33-30-16-8-23(19-34-30)27(41)20-35-31(42)29-14-7-22-18-26(13-15-28(22)46-29)47(44,45)36-24-9-11-25(12-10-24)40-32(43)39(37-38-40)17-3-6-21-4-1-2-5-21/h8-13,15-16,18-19,21,27,29,36,41H,1-7,14,17,20H2,(H2,33,34)(H,35,42). The summed E-state index contributed by atoms with van der Waals surface area (Å²) in [4.78, 5) is 29.6. The molecule has 5 N–H and O–H groups in total. The fraction of sp³-hybridized carbons (Fsp3) is 0.406. The van der Waals surface area contributed by atoms with Crippen molar-refractivity contribution >= 4 is 27.4 Å². The third-order valence-corrected chi connectivity index (χ3v) is 10.1. The number of nitrogens with one attached hydrogen (secondary N) is 2. The van der Waals surface area contributed by atoms with E-state index in [0.717, 1.165) is 18.8 Å². The second-order valence-electron chi connectivity index (χ2n) is 12.0. The van der Waals surface area contributed by atoms with Crippen LogP contribution in [0.2, 0.25) is 0 Å². The van der Waals surface area contributed by atoms with Crippen molar-refractivity contribution in [2.24, 2.45) is 5.92 Å². The molecule has 248 valence electrons. The number of fused-ring (bicyclic) bond motifs is 1. The van der Waals surface area contributed by atoms with Crippen molar-refractivity contribution in [1.82, 2.24) is 30.1 Å². The maximum absolute atomic E-state index is 13.2. The average molecular weight is 663 g/mol. The zero-order valence-corrected chi connectivity index (χ0v) is 26.6. The van der Waals surface area contributed by atoms with E-state index >= 15 is 0 Å². The van der Waals surface area contributed by atoms with Gasteiger partial charge < -0.3 is 20.9 Å². The molecule has 47 heavy (non-hydrogen) atoms. The van der Waals surface area contributed by atoms with E-state index in [1.807, 2.05) is 0 Å². The minimum atomic E-state index is -3.95. The van der Waals surface area contributed by atoms with Crippen molar-refractivity contribution in [3.05, 3.63) is 82.4 Å². The Morgan fingerprint density at radius 2 is 1.85 bits per heavy atom. The second kappa shape index (κ2) is 13.9. The number of amides is 1. The lowest BCUT2D eigenvalue weighted by Gasteiger charge is -2.26. The number of aliphatic hydroxyl groups excluding tert-OH is 1. The van der Waals surface area contributed by atoms with Gasteiger partial charge in [0.2, 0.25) is 0 Å². The number of rotatable bonds is 12. The van der Waals surface area contributed by atoms with Gasteiger partial charge >= 0.3 is 5.69 Å². The summed E-state index contributed by atoms with van der Waals surface area (Å²) in [6.07, 6.45) is 7.52. The quantitative estimate of drug-likeness (QED) is 0.175. The van der Waals surface area contributed by atoms with Crippen LogP contribution < -0.4 is 26.2 Å². The molecule has 1 aliphatic carbocycles. The zero-order valence-electron chi connectivity index (χ0n) is 25.8. The van der Waals surface area contributed by atoms with Crippen LogP contribution in [-0.4, -0.2) is 56.9 Å². The summed E-state index contributed by atoms with van der Waals surface area (Å²) < 4.78 is 37.4. The molecule has 0 bridgehead atoms. The maximum atomic E-state index is 13.2. The third-order valence-electron chi connectivity index (χ3n) is 8.70. The predicted octanol–water partition coefficient (Wildman–Crippen LogP) is 2.72. The lowest BCUT2D eigenvalue weighted by atomic mass is 10.0. The largest absolute Gasteiger partial charge is 0.480 e. The highest BCUT2D eigenvalue weighted by Gasteiger charge is 2.28. The van der Waals surface area contributed by atoms with Crippen LogP contribution in [0.4, 0.5) is 11.5 Å². The van der Waals surface area contributed by atoms with Crippen LogP contribution in [0, 0.1) is 5.92 Å². The van der Waals surface area contributed by atoms with Crippen LogP contribution in [0.25, 0.3) is 5.69 Å². The van der Waals surface area contributed by atoms with E-state index in [0.29, 0.717) is 53.5 Å². The molecule has 2 unspecified atom stereocenters. The number of carbonyl (C=O) groups excluding carboxylic acids is 1. The van der Waals surface area contributed by atoms with Crippen LogP contribution in [0.5, 0.6) is 5.75 Å². The molecule has 3 heterocycles. The van der Waals surface area contributed by atoms with Crippen LogP contribution in [0.1, 0.15) is 62.2 Å². The van der Waals surface area contributed by atoms with Gasteiger partial charge in [0, 0.05) is 30.5 Å². The lowest BCUT2D eigenvalue weighted by Crippen LogP contribution is -2.42. The fourth-order valence-corrected chi connectivity index (χ4v) is 7.16. The van der Waals surface area contributed by atoms with Gasteiger partial charge in [-0.25, -0.2) is 18.2 Å². The van der Waals surface area contributed by atoms with Crippen LogP contribution in [0.15, 0.2) is 70.5 Å². The number of hydrogen-bond donors (Lipinski definition) is 4. The Morgan fingerprint density at radius 1 is 1.06 bits per heavy atom. The molecule has 4 aromatic rings. The van der Waals surface area contributed by atoms with Crippen molar-refractivity contribution in [1.29, 1.82) is 0 Å². The number of anilines is 2. The molecule has 1 aliphatic heterocycles. The Balaban J connectivity index is 1.03. The molecule has 1 amide bonds. The number of benzene rings is 2. The first-order chi connectivity index (χ1) is 22.7. The van der Waals surface area contributed by atoms with E-state index in [1.165, 1.54) is 59.4 Å². The molecule has 2 aromatic carbocycles. The zero-order chi connectivity index (χ0) is 33.0. The number of aromatic nitrogens is 5. The van der Waals surface area contributed by atoms with Gasteiger partial charge in [-0.05, 0) is 96.1 Å². The fourth-order valence-electron chi connectivity index (χ4n) is 6.05. The van der Waals surface area contributed by atoms with E-state index in [9.17, 15) is 23.1 Å². The molecule has 1 saturated carbocycles. The highest BCUT2D eigenvalue weighted by molar-refractivity contribution is 7.92. The normalized spacial score (nSPS) is 17.1. The van der Waals surface area contributed by atoms with Gasteiger partial charge in [-0.2, -0.15) is 9.36 Å². The Bertz CT molecular complexity index is 1870. The Morgan fingerprint density at radius 3 is 2.60 bits per heavy atom. The molecule has 6 rings (SSSR count). The van der Waals surface area contributed by atoms with E-state index in [2.05, 4.69) is 25.4 Å². The van der Waals surface area contributed by atoms with E-state index < -0.39 is 22.2 Å². The van der Waals surface area contributed by atoms with Gasteiger partial charge in [-0.15, -0.1) is 0 Å². The number of pyridine rings is 1. The molecule has 0 saturated heterocycles. The maximum Gasteiger partial charge on any atom is 0.368 e. The Labute approximate surface area is 272 Å². The second-order valence-corrected chi connectivity index (χ2v) is 13.7. The summed E-state index contributed by atoms with van der Waals surface area (Å²) >= 11 is 0. The van der Waals surface area contributed by atoms with Crippen molar-refractivity contribution < 1.29 is 23.1 Å². The average Bonchev–Trinajstić information content (AvgIpc) is 3.73. The number of hydrogen-bond acceptors (Lipinski definition) is 10. The summed E-state index contributed by atoms with van der Waals surface area (Å²) in [5.41, 5.74) is 7.20. The van der Waals surface area contributed by atoms with Gasteiger partial charge in [0.1, 0.15) is 11.6 Å². The van der Waals surface area contributed by atoms with Crippen molar-refractivity contribution in [2.45, 2.75) is 75.0 Å². The van der Waals surface area contributed by atoms with Crippen molar-refractivity contribution in [3.63, 3.8) is 0 Å². The SMILES string of the molecule is Nc1ccc(C(O)CNC(=O)C2CCc3cc(S(=O)(=O)Nc4ccc(-n5nnn(CCCC6CCCC6)c5=O)cc4)ccc3O2)cn1. The summed E-state index contributed by atoms with van der Waals surface area (Å²) in [7, 11) is -3.95. The first-order valence-electron chi connectivity index (χ1n) is 15.8. The molecular weight excluding hydrogens is 624 g/mol. The lowest BCUT2D eigenvalue weighted by molar-refractivity contribution is -0.129. The third kappa shape index (κ3) is 7.63. The monoisotopic (exact) mass is 662 g/mol. The Hall–Kier alpha value is -4.76. The summed E-state index contributed by atoms with van der Waals surface area (Å²) in [6.45, 7) is 0.485. The molecule has 2 aromatic heterocycles. The van der Waals surface area contributed by atoms with E-state index in [-0.39, 0.29) is 23.0 Å². The predicted molar refractivity (Wildman–Crippen MR) is 173 cm³/mol. The number of nitrogens with zero attached hydrogens (tertiary/aromatic N) is 5. The smallest absolute Gasteiger partial charge is 0.368 e. The van der Waals surface area contributed by atoms with Gasteiger partial charge in [-0.3, -0.25) is 9.52 Å². The first-order valence-corrected chi connectivity index (χ1v) is 17.3. The van der Waals surface area contributed by atoms with Crippen LogP contribution in [0.3, 0.4) is 0 Å². The van der Waals surface area contributed by atoms with Crippen molar-refractivity contribution in [3.8, 4) is 11.4 Å². The van der Waals surface area contributed by atoms with Gasteiger partial charge in [0.25, 0.3) is 15.9 Å². The highest BCUT2D eigenvalue weighted by atomic mass is 32.2. The number of aliphatic hydroxyl groups is 1. The van der Waals surface area contributed by atoms with Gasteiger partial charge in [0.15, 0.2) is 6.10 Å². The number of ether oxygens (including phenoxy) is 1. The molecule has 0 spiro atoms. The van der Waals surface area contributed by atoms with Gasteiger partial charge in [0.05, 0.1) is 16.7 Å².